The first kappa shape index (κ1) is 20.9. The van der Waals surface area contributed by atoms with E-state index in [2.05, 4.69) is 30.6 Å². The van der Waals surface area contributed by atoms with Gasteiger partial charge in [0, 0.05) is 6.20 Å². The fraction of sp³-hybridized carbons (Fsp3) is 0.188. The summed E-state index contributed by atoms with van der Waals surface area (Å²) in [6.07, 6.45) is -3.37. The standard InChI is InChI=1S/C16H12ClF3N6O2S/c1-9(14(27)22-13-7-2-10(17)8-21-13)29-15-23-24-25-26(15)11-3-5-12(6-4-11)28-16(18,19)20/h2-9H,1H3,(H,21,22,27). The number of carbonyl (C=O) groups is 1. The zero-order valence-electron chi connectivity index (χ0n) is 14.6. The highest BCUT2D eigenvalue weighted by atomic mass is 35.5. The maximum Gasteiger partial charge on any atom is 0.573 e. The summed E-state index contributed by atoms with van der Waals surface area (Å²) in [5.41, 5.74) is 0.402. The van der Waals surface area contributed by atoms with E-state index in [1.54, 1.807) is 19.1 Å². The first-order valence-electron chi connectivity index (χ1n) is 7.95. The number of halogens is 4. The van der Waals surface area contributed by atoms with Crippen LogP contribution in [0, 0.1) is 0 Å². The summed E-state index contributed by atoms with van der Waals surface area (Å²) in [5, 5.41) is 14.0. The van der Waals surface area contributed by atoms with E-state index >= 15 is 0 Å². The Morgan fingerprint density at radius 3 is 2.59 bits per heavy atom. The van der Waals surface area contributed by atoms with E-state index in [1.165, 1.54) is 23.0 Å². The van der Waals surface area contributed by atoms with Crippen LogP contribution < -0.4 is 10.1 Å². The monoisotopic (exact) mass is 444 g/mol. The Morgan fingerprint density at radius 1 is 1.24 bits per heavy atom. The molecule has 3 rings (SSSR count). The Labute approximate surface area is 171 Å². The van der Waals surface area contributed by atoms with Gasteiger partial charge < -0.3 is 10.1 Å². The van der Waals surface area contributed by atoms with Crippen molar-refractivity contribution in [1.29, 1.82) is 0 Å². The molecule has 1 N–H and O–H groups in total. The normalized spacial score (nSPS) is 12.4. The average molecular weight is 445 g/mol. The van der Waals surface area contributed by atoms with Crippen LogP contribution in [0.15, 0.2) is 47.8 Å². The number of hydrogen-bond acceptors (Lipinski definition) is 7. The fourth-order valence-electron chi connectivity index (χ4n) is 2.09. The van der Waals surface area contributed by atoms with Crippen LogP contribution in [0.2, 0.25) is 5.02 Å². The second-order valence-electron chi connectivity index (χ2n) is 5.53. The van der Waals surface area contributed by atoms with Gasteiger partial charge in [0.1, 0.15) is 11.6 Å². The highest BCUT2D eigenvalue weighted by molar-refractivity contribution is 8.00. The summed E-state index contributed by atoms with van der Waals surface area (Å²) in [6, 6.07) is 8.16. The van der Waals surface area contributed by atoms with E-state index in [4.69, 9.17) is 11.6 Å². The lowest BCUT2D eigenvalue weighted by Gasteiger charge is -2.12. The molecule has 0 spiro atoms. The van der Waals surface area contributed by atoms with Crippen LogP contribution in [0.25, 0.3) is 5.69 Å². The van der Waals surface area contributed by atoms with Gasteiger partial charge in [-0.2, -0.15) is 4.68 Å². The molecule has 1 amide bonds. The van der Waals surface area contributed by atoms with Crippen molar-refractivity contribution in [2.24, 2.45) is 0 Å². The van der Waals surface area contributed by atoms with E-state index in [0.717, 1.165) is 23.9 Å². The lowest BCUT2D eigenvalue weighted by Crippen LogP contribution is -2.23. The van der Waals surface area contributed by atoms with Crippen LogP contribution in [-0.2, 0) is 4.79 Å². The van der Waals surface area contributed by atoms with Crippen molar-refractivity contribution in [3.8, 4) is 11.4 Å². The minimum atomic E-state index is -4.78. The van der Waals surface area contributed by atoms with Gasteiger partial charge in [-0.15, -0.1) is 18.3 Å². The highest BCUT2D eigenvalue weighted by Gasteiger charge is 2.31. The minimum Gasteiger partial charge on any atom is -0.406 e. The number of rotatable bonds is 6. The molecule has 2 aromatic heterocycles. The first-order valence-corrected chi connectivity index (χ1v) is 9.21. The molecule has 13 heteroatoms. The molecule has 0 aliphatic rings. The zero-order chi connectivity index (χ0) is 21.0. The first-order chi connectivity index (χ1) is 13.7. The third-order valence-corrected chi connectivity index (χ3v) is 4.64. The van der Waals surface area contributed by atoms with Gasteiger partial charge in [-0.05, 0) is 53.7 Å². The molecule has 0 saturated carbocycles. The molecule has 0 aliphatic carbocycles. The van der Waals surface area contributed by atoms with Crippen LogP contribution >= 0.6 is 23.4 Å². The Balaban J connectivity index is 1.68. The molecule has 0 fully saturated rings. The Hall–Kier alpha value is -2.86. The predicted octanol–water partition coefficient (Wildman–Crippen LogP) is 3.73. The SMILES string of the molecule is CC(Sc1nnnn1-c1ccc(OC(F)(F)F)cc1)C(=O)Nc1ccc(Cl)cn1. The Morgan fingerprint density at radius 2 is 1.97 bits per heavy atom. The summed E-state index contributed by atoms with van der Waals surface area (Å²) >= 11 is 6.82. The lowest BCUT2D eigenvalue weighted by molar-refractivity contribution is -0.274. The molecule has 2 heterocycles. The summed E-state index contributed by atoms with van der Waals surface area (Å²) in [4.78, 5) is 16.3. The molecule has 0 bridgehead atoms. The van der Waals surface area contributed by atoms with E-state index in [-0.39, 0.29) is 16.8 Å². The molecule has 3 aromatic rings. The number of ether oxygens (including phenoxy) is 1. The third-order valence-electron chi connectivity index (χ3n) is 3.39. The fourth-order valence-corrected chi connectivity index (χ4v) is 3.01. The maximum atomic E-state index is 12.3. The summed E-state index contributed by atoms with van der Waals surface area (Å²) in [6.45, 7) is 1.65. The lowest BCUT2D eigenvalue weighted by atomic mass is 10.3. The van der Waals surface area contributed by atoms with Crippen molar-refractivity contribution in [2.45, 2.75) is 23.7 Å². The number of hydrogen-bond donors (Lipinski definition) is 1. The molecule has 1 aromatic carbocycles. The Kier molecular flexibility index (Phi) is 6.23. The van der Waals surface area contributed by atoms with Gasteiger partial charge >= 0.3 is 6.36 Å². The average Bonchev–Trinajstić information content (AvgIpc) is 3.11. The molecule has 0 aliphatic heterocycles. The predicted molar refractivity (Wildman–Crippen MR) is 99.0 cm³/mol. The van der Waals surface area contributed by atoms with Crippen LogP contribution in [0.5, 0.6) is 5.75 Å². The number of tetrazole rings is 1. The van der Waals surface area contributed by atoms with Gasteiger partial charge in [-0.3, -0.25) is 4.79 Å². The molecule has 8 nitrogen and oxygen atoms in total. The smallest absolute Gasteiger partial charge is 0.406 e. The molecule has 0 saturated heterocycles. The van der Waals surface area contributed by atoms with Gasteiger partial charge in [0.25, 0.3) is 0 Å². The van der Waals surface area contributed by atoms with E-state index in [9.17, 15) is 18.0 Å². The van der Waals surface area contributed by atoms with Crippen LogP contribution in [0.4, 0.5) is 19.0 Å². The number of aromatic nitrogens is 5. The van der Waals surface area contributed by atoms with Gasteiger partial charge in [0.2, 0.25) is 11.1 Å². The third kappa shape index (κ3) is 5.81. The molecule has 29 heavy (non-hydrogen) atoms. The maximum absolute atomic E-state index is 12.3. The quantitative estimate of drug-likeness (QED) is 0.579. The summed E-state index contributed by atoms with van der Waals surface area (Å²) < 4.78 is 41.9. The highest BCUT2D eigenvalue weighted by Crippen LogP contribution is 2.26. The van der Waals surface area contributed by atoms with Crippen molar-refractivity contribution in [3.05, 3.63) is 47.6 Å². The molecule has 0 radical (unpaired) electrons. The van der Waals surface area contributed by atoms with Crippen molar-refractivity contribution in [1.82, 2.24) is 25.2 Å². The van der Waals surface area contributed by atoms with Gasteiger partial charge in [0.05, 0.1) is 16.0 Å². The molecule has 1 atom stereocenters. The van der Waals surface area contributed by atoms with Crippen LogP contribution in [0.1, 0.15) is 6.92 Å². The number of alkyl halides is 3. The second-order valence-corrected chi connectivity index (χ2v) is 7.27. The number of thioether (sulfide) groups is 1. The molecular weight excluding hydrogens is 433 g/mol. The summed E-state index contributed by atoms with van der Waals surface area (Å²) in [5.74, 6) is -0.369. The number of nitrogens with one attached hydrogen (secondary N) is 1. The molecular formula is C16H12ClF3N6O2S. The Bertz CT molecular complexity index is 982. The number of benzene rings is 1. The van der Waals surface area contributed by atoms with Gasteiger partial charge in [0.15, 0.2) is 0 Å². The molecule has 152 valence electrons. The van der Waals surface area contributed by atoms with Crippen molar-refractivity contribution < 1.29 is 22.7 Å². The van der Waals surface area contributed by atoms with Crippen molar-refractivity contribution >= 4 is 35.1 Å². The summed E-state index contributed by atoms with van der Waals surface area (Å²) in [7, 11) is 0. The zero-order valence-corrected chi connectivity index (χ0v) is 16.2. The number of anilines is 1. The van der Waals surface area contributed by atoms with Crippen molar-refractivity contribution in [2.75, 3.05) is 5.32 Å². The van der Waals surface area contributed by atoms with Gasteiger partial charge in [-0.1, -0.05) is 23.4 Å². The van der Waals surface area contributed by atoms with E-state index in [1.807, 2.05) is 0 Å². The largest absolute Gasteiger partial charge is 0.573 e. The van der Waals surface area contributed by atoms with Gasteiger partial charge in [-0.25, -0.2) is 4.98 Å². The van der Waals surface area contributed by atoms with Crippen LogP contribution in [0.3, 0.4) is 0 Å². The minimum absolute atomic E-state index is 0.279. The number of carbonyl (C=O) groups excluding carboxylic acids is 1. The molecule has 1 unspecified atom stereocenters. The van der Waals surface area contributed by atoms with E-state index in [0.29, 0.717) is 16.5 Å². The number of nitrogens with zero attached hydrogens (tertiary/aromatic N) is 5. The number of amides is 1. The van der Waals surface area contributed by atoms with E-state index < -0.39 is 11.6 Å². The van der Waals surface area contributed by atoms with Crippen LogP contribution in [-0.4, -0.2) is 42.7 Å². The second kappa shape index (κ2) is 8.66. The van der Waals surface area contributed by atoms with Crippen molar-refractivity contribution in [3.63, 3.8) is 0 Å². The topological polar surface area (TPSA) is 94.8 Å². The number of pyridine rings is 1.